The Labute approximate surface area is 114 Å². The molecule has 0 aliphatic carbocycles. The van der Waals surface area contributed by atoms with Crippen molar-refractivity contribution in [3.05, 3.63) is 55.1 Å². The summed E-state index contributed by atoms with van der Waals surface area (Å²) in [4.78, 5) is 12.1. The molecule has 0 bridgehead atoms. The summed E-state index contributed by atoms with van der Waals surface area (Å²) in [6.45, 7) is 7.46. The van der Waals surface area contributed by atoms with Crippen molar-refractivity contribution in [3.8, 4) is 0 Å². The average molecular weight is 259 g/mol. The number of aliphatic hydroxyl groups is 1. The Morgan fingerprint density at radius 2 is 1.79 bits per heavy atom. The first-order chi connectivity index (χ1) is 9.21. The van der Waals surface area contributed by atoms with Crippen LogP contribution in [0.5, 0.6) is 0 Å². The number of aliphatic hydroxyl groups excluding tert-OH is 1. The van der Waals surface area contributed by atoms with Crippen molar-refractivity contribution in [1.29, 1.82) is 0 Å². The Bertz CT molecular complexity index is 413. The maximum Gasteiger partial charge on any atom is 0.228 e. The maximum atomic E-state index is 12.1. The summed E-state index contributed by atoms with van der Waals surface area (Å²) in [5, 5.41) is 11.7. The van der Waals surface area contributed by atoms with Gasteiger partial charge in [0.05, 0.1) is 0 Å². The average Bonchev–Trinajstić information content (AvgIpc) is 2.41. The molecule has 0 aliphatic heterocycles. The Morgan fingerprint density at radius 1 is 1.21 bits per heavy atom. The van der Waals surface area contributed by atoms with E-state index in [4.69, 9.17) is 5.11 Å². The molecule has 0 saturated carbocycles. The highest BCUT2D eigenvalue weighted by Crippen LogP contribution is 2.15. The quantitative estimate of drug-likeness (QED) is 0.705. The smallest absolute Gasteiger partial charge is 0.228 e. The first-order valence-electron chi connectivity index (χ1n) is 6.43. The summed E-state index contributed by atoms with van der Waals surface area (Å²) < 4.78 is 0. The van der Waals surface area contributed by atoms with Crippen LogP contribution in [0, 0.1) is 5.92 Å². The molecule has 0 unspecified atom stereocenters. The minimum atomic E-state index is -0.118. The number of anilines is 1. The molecule has 0 spiro atoms. The minimum Gasteiger partial charge on any atom is -0.396 e. The Morgan fingerprint density at radius 3 is 2.26 bits per heavy atom. The second-order valence-corrected chi connectivity index (χ2v) is 4.41. The minimum absolute atomic E-state index is 0.0188. The number of allylic oxidation sites excluding steroid dienone is 2. The van der Waals surface area contributed by atoms with E-state index in [-0.39, 0.29) is 18.4 Å². The molecule has 3 heteroatoms. The molecule has 0 radical (unpaired) electrons. The molecule has 0 saturated heterocycles. The van der Waals surface area contributed by atoms with Gasteiger partial charge in [-0.25, -0.2) is 0 Å². The van der Waals surface area contributed by atoms with Crippen LogP contribution in [0.3, 0.4) is 0 Å². The number of hydrogen-bond acceptors (Lipinski definition) is 2. The van der Waals surface area contributed by atoms with Crippen LogP contribution in [0.2, 0.25) is 0 Å². The molecule has 1 amide bonds. The summed E-state index contributed by atoms with van der Waals surface area (Å²) in [6.07, 6.45) is 5.40. The molecule has 1 aromatic carbocycles. The van der Waals surface area contributed by atoms with Crippen molar-refractivity contribution < 1.29 is 9.90 Å². The van der Waals surface area contributed by atoms with Gasteiger partial charge in [0.1, 0.15) is 0 Å². The van der Waals surface area contributed by atoms with Crippen molar-refractivity contribution >= 4 is 11.6 Å². The largest absolute Gasteiger partial charge is 0.396 e. The van der Waals surface area contributed by atoms with Crippen LogP contribution in [-0.4, -0.2) is 17.6 Å². The zero-order chi connectivity index (χ0) is 14.1. The van der Waals surface area contributed by atoms with Gasteiger partial charge in [-0.15, -0.1) is 13.2 Å². The van der Waals surface area contributed by atoms with Crippen LogP contribution < -0.4 is 5.32 Å². The Hall–Kier alpha value is -1.87. The number of rotatable bonds is 8. The summed E-state index contributed by atoms with van der Waals surface area (Å²) in [7, 11) is 0. The van der Waals surface area contributed by atoms with Crippen LogP contribution >= 0.6 is 0 Å². The van der Waals surface area contributed by atoms with Gasteiger partial charge < -0.3 is 10.4 Å². The highest BCUT2D eigenvalue weighted by molar-refractivity contribution is 5.92. The van der Waals surface area contributed by atoms with E-state index in [1.807, 2.05) is 24.3 Å². The lowest BCUT2D eigenvalue weighted by atomic mass is 10.0. The molecule has 1 rings (SSSR count). The van der Waals surface area contributed by atoms with E-state index in [9.17, 15) is 4.79 Å². The van der Waals surface area contributed by atoms with Gasteiger partial charge >= 0.3 is 0 Å². The van der Waals surface area contributed by atoms with E-state index in [2.05, 4.69) is 18.5 Å². The molecule has 0 aliphatic rings. The summed E-state index contributed by atoms with van der Waals surface area (Å²) in [5.74, 6) is -0.137. The number of carbonyl (C=O) groups is 1. The highest BCUT2D eigenvalue weighted by atomic mass is 16.2. The van der Waals surface area contributed by atoms with Gasteiger partial charge in [0.2, 0.25) is 5.91 Å². The third kappa shape index (κ3) is 5.10. The van der Waals surface area contributed by atoms with Crippen LogP contribution in [-0.2, 0) is 11.2 Å². The Kier molecular flexibility index (Phi) is 6.61. The molecule has 0 fully saturated rings. The van der Waals surface area contributed by atoms with Crippen molar-refractivity contribution in [2.24, 2.45) is 5.92 Å². The van der Waals surface area contributed by atoms with E-state index in [1.54, 1.807) is 12.2 Å². The van der Waals surface area contributed by atoms with Crippen molar-refractivity contribution in [2.45, 2.75) is 19.3 Å². The monoisotopic (exact) mass is 259 g/mol. The topological polar surface area (TPSA) is 49.3 Å². The fourth-order valence-corrected chi connectivity index (χ4v) is 1.84. The first kappa shape index (κ1) is 15.2. The summed E-state index contributed by atoms with van der Waals surface area (Å²) in [6, 6.07) is 7.51. The van der Waals surface area contributed by atoms with Gasteiger partial charge in [0.25, 0.3) is 0 Å². The van der Waals surface area contributed by atoms with E-state index >= 15 is 0 Å². The first-order valence-corrected chi connectivity index (χ1v) is 6.43. The molecular formula is C16H21NO2. The van der Waals surface area contributed by atoms with Crippen molar-refractivity contribution in [2.75, 3.05) is 11.9 Å². The molecule has 0 aromatic heterocycles. The van der Waals surface area contributed by atoms with Gasteiger partial charge in [-0.3, -0.25) is 4.79 Å². The lowest BCUT2D eigenvalue weighted by Gasteiger charge is -2.13. The lowest BCUT2D eigenvalue weighted by molar-refractivity contribution is -0.119. The number of carbonyl (C=O) groups excluding carboxylic acids is 1. The molecule has 3 nitrogen and oxygen atoms in total. The highest BCUT2D eigenvalue weighted by Gasteiger charge is 2.15. The molecule has 1 aromatic rings. The number of nitrogens with one attached hydrogen (secondary N) is 1. The molecule has 102 valence electrons. The third-order valence-electron chi connectivity index (χ3n) is 2.90. The molecule has 19 heavy (non-hydrogen) atoms. The van der Waals surface area contributed by atoms with Gasteiger partial charge in [-0.2, -0.15) is 0 Å². The number of benzene rings is 1. The zero-order valence-electron chi connectivity index (χ0n) is 11.1. The fourth-order valence-electron chi connectivity index (χ4n) is 1.84. The maximum absolute atomic E-state index is 12.1. The van der Waals surface area contributed by atoms with E-state index in [0.29, 0.717) is 19.3 Å². The van der Waals surface area contributed by atoms with E-state index in [1.165, 1.54) is 0 Å². The van der Waals surface area contributed by atoms with E-state index in [0.717, 1.165) is 11.3 Å². The van der Waals surface area contributed by atoms with Gasteiger partial charge in [-0.05, 0) is 37.0 Å². The van der Waals surface area contributed by atoms with Gasteiger partial charge in [-0.1, -0.05) is 24.3 Å². The summed E-state index contributed by atoms with van der Waals surface area (Å²) in [5.41, 5.74) is 1.82. The normalized spacial score (nSPS) is 10.2. The molecular weight excluding hydrogens is 238 g/mol. The SMILES string of the molecule is C=CCC(CC=C)C(=O)Nc1ccc(CCO)cc1. The van der Waals surface area contributed by atoms with Crippen LogP contribution in [0.25, 0.3) is 0 Å². The Balaban J connectivity index is 2.63. The predicted octanol–water partition coefficient (Wildman–Crippen LogP) is 2.93. The van der Waals surface area contributed by atoms with Gasteiger partial charge in [0.15, 0.2) is 0 Å². The zero-order valence-corrected chi connectivity index (χ0v) is 11.1. The summed E-state index contributed by atoms with van der Waals surface area (Å²) >= 11 is 0. The number of hydrogen-bond donors (Lipinski definition) is 2. The predicted molar refractivity (Wildman–Crippen MR) is 79.0 cm³/mol. The van der Waals surface area contributed by atoms with Crippen LogP contribution in [0.1, 0.15) is 18.4 Å². The van der Waals surface area contributed by atoms with Crippen molar-refractivity contribution in [1.82, 2.24) is 0 Å². The molecule has 2 N–H and O–H groups in total. The van der Waals surface area contributed by atoms with Crippen LogP contribution in [0.4, 0.5) is 5.69 Å². The van der Waals surface area contributed by atoms with Crippen LogP contribution in [0.15, 0.2) is 49.6 Å². The second-order valence-electron chi connectivity index (χ2n) is 4.41. The standard InChI is InChI=1S/C16H21NO2/c1-3-5-14(6-4-2)16(19)17-15-9-7-13(8-10-15)11-12-18/h3-4,7-10,14,18H,1-2,5-6,11-12H2,(H,17,19). The molecule has 0 heterocycles. The van der Waals surface area contributed by atoms with Gasteiger partial charge in [0, 0.05) is 18.2 Å². The van der Waals surface area contributed by atoms with E-state index < -0.39 is 0 Å². The fraction of sp³-hybridized carbons (Fsp3) is 0.312. The molecule has 0 atom stereocenters. The third-order valence-corrected chi connectivity index (χ3v) is 2.90. The lowest BCUT2D eigenvalue weighted by Crippen LogP contribution is -2.22. The second kappa shape index (κ2) is 8.27. The number of amides is 1. The van der Waals surface area contributed by atoms with Crippen molar-refractivity contribution in [3.63, 3.8) is 0 Å².